The average molecular weight is 228 g/mol. The fourth-order valence-corrected chi connectivity index (χ4v) is 1.85. The fourth-order valence-electron chi connectivity index (χ4n) is 1.64. The topological polar surface area (TPSA) is 41.5 Å². The molecule has 0 aromatic heterocycles. The molecule has 1 aliphatic heterocycles. The zero-order valence-electron chi connectivity index (χ0n) is 8.32. The van der Waals surface area contributed by atoms with Gasteiger partial charge in [-0.3, -0.25) is 0 Å². The van der Waals surface area contributed by atoms with Crippen molar-refractivity contribution in [2.24, 2.45) is 0 Å². The van der Waals surface area contributed by atoms with Crippen LogP contribution in [0.15, 0.2) is 24.3 Å². The number of β-amino-alcohol motifs (C(OH)–C–C–N with tert-alkyl or cyclic N) is 1. The number of aliphatic hydroxyl groups is 1. The largest absolute Gasteiger partial charge is 0.389 e. The van der Waals surface area contributed by atoms with Crippen molar-refractivity contribution in [3.05, 3.63) is 34.9 Å². The normalized spacial score (nSPS) is 25.7. The minimum Gasteiger partial charge on any atom is -0.389 e. The first-order valence-corrected chi connectivity index (χ1v) is 5.38. The highest BCUT2D eigenvalue weighted by molar-refractivity contribution is 6.30. The molecule has 4 heteroatoms. The summed E-state index contributed by atoms with van der Waals surface area (Å²) in [7, 11) is 0. The molecule has 3 nitrogen and oxygen atoms in total. The Hall–Kier alpha value is -0.610. The molecule has 1 fully saturated rings. The van der Waals surface area contributed by atoms with Gasteiger partial charge in [-0.15, -0.1) is 0 Å². The molecule has 0 aliphatic carbocycles. The maximum Gasteiger partial charge on any atom is 0.0974 e. The number of halogens is 1. The highest BCUT2D eigenvalue weighted by atomic mass is 35.5. The summed E-state index contributed by atoms with van der Waals surface area (Å²) in [5.74, 6) is 0. The summed E-state index contributed by atoms with van der Waals surface area (Å²) in [5.41, 5.74) is 1.03. The molecule has 0 spiro atoms. The molecule has 2 unspecified atom stereocenters. The maximum atomic E-state index is 9.51. The van der Waals surface area contributed by atoms with Crippen LogP contribution >= 0.6 is 11.6 Å². The standard InChI is InChI=1S/C11H14ClNO2/c12-9-3-1-2-8(4-9)7-15-11-6-13-5-10(11)14/h1-4,10-11,13-14H,5-7H2. The van der Waals surface area contributed by atoms with Crippen LogP contribution in [-0.4, -0.2) is 30.4 Å². The van der Waals surface area contributed by atoms with Gasteiger partial charge in [0.1, 0.15) is 0 Å². The third kappa shape index (κ3) is 2.92. The second-order valence-electron chi connectivity index (χ2n) is 3.70. The van der Waals surface area contributed by atoms with Crippen LogP contribution in [-0.2, 0) is 11.3 Å². The van der Waals surface area contributed by atoms with Crippen LogP contribution < -0.4 is 5.32 Å². The van der Waals surface area contributed by atoms with Gasteiger partial charge in [0.05, 0.1) is 18.8 Å². The van der Waals surface area contributed by atoms with E-state index in [9.17, 15) is 5.11 Å². The van der Waals surface area contributed by atoms with Gasteiger partial charge in [0.25, 0.3) is 0 Å². The van der Waals surface area contributed by atoms with Crippen molar-refractivity contribution in [2.75, 3.05) is 13.1 Å². The van der Waals surface area contributed by atoms with Gasteiger partial charge < -0.3 is 15.2 Å². The number of rotatable bonds is 3. The number of hydrogen-bond donors (Lipinski definition) is 2. The molecule has 0 saturated carbocycles. The van der Waals surface area contributed by atoms with E-state index < -0.39 is 6.10 Å². The minimum atomic E-state index is -0.399. The molecule has 0 amide bonds. The van der Waals surface area contributed by atoms with Crippen LogP contribution in [0.25, 0.3) is 0 Å². The summed E-state index contributed by atoms with van der Waals surface area (Å²) in [6.45, 7) is 1.81. The van der Waals surface area contributed by atoms with Crippen LogP contribution in [0, 0.1) is 0 Å². The molecule has 1 aromatic carbocycles. The molecule has 0 radical (unpaired) electrons. The Morgan fingerprint density at radius 1 is 1.47 bits per heavy atom. The Bertz CT molecular complexity index is 332. The van der Waals surface area contributed by atoms with Gasteiger partial charge in [-0.1, -0.05) is 23.7 Å². The van der Waals surface area contributed by atoms with Gasteiger partial charge >= 0.3 is 0 Å². The van der Waals surface area contributed by atoms with Crippen molar-refractivity contribution in [1.82, 2.24) is 5.32 Å². The van der Waals surface area contributed by atoms with Crippen LogP contribution in [0.5, 0.6) is 0 Å². The third-order valence-corrected chi connectivity index (χ3v) is 2.72. The molecule has 82 valence electrons. The number of hydrogen-bond acceptors (Lipinski definition) is 3. The van der Waals surface area contributed by atoms with E-state index >= 15 is 0 Å². The smallest absolute Gasteiger partial charge is 0.0974 e. The van der Waals surface area contributed by atoms with Crippen LogP contribution in [0.1, 0.15) is 5.56 Å². The second kappa shape index (κ2) is 4.94. The SMILES string of the molecule is OC1CNCC1OCc1cccc(Cl)c1. The molecule has 0 bridgehead atoms. The molecule has 2 atom stereocenters. The Balaban J connectivity index is 1.87. The Kier molecular flexibility index (Phi) is 3.59. The van der Waals surface area contributed by atoms with Crippen molar-refractivity contribution < 1.29 is 9.84 Å². The number of nitrogens with one attached hydrogen (secondary N) is 1. The zero-order chi connectivity index (χ0) is 10.7. The van der Waals surface area contributed by atoms with Crippen molar-refractivity contribution in [1.29, 1.82) is 0 Å². The van der Waals surface area contributed by atoms with E-state index in [0.717, 1.165) is 5.56 Å². The van der Waals surface area contributed by atoms with Crippen LogP contribution in [0.2, 0.25) is 5.02 Å². The van der Waals surface area contributed by atoms with E-state index in [1.807, 2.05) is 24.3 Å². The fraction of sp³-hybridized carbons (Fsp3) is 0.455. The summed E-state index contributed by atoms with van der Waals surface area (Å²) in [4.78, 5) is 0. The molecule has 15 heavy (non-hydrogen) atoms. The lowest BCUT2D eigenvalue weighted by Crippen LogP contribution is -2.26. The molecule has 1 heterocycles. The molecular weight excluding hydrogens is 214 g/mol. The van der Waals surface area contributed by atoms with Crippen molar-refractivity contribution in [2.45, 2.75) is 18.8 Å². The zero-order valence-corrected chi connectivity index (χ0v) is 9.07. The van der Waals surface area contributed by atoms with Crippen molar-refractivity contribution in [3.63, 3.8) is 0 Å². The molecule has 1 aromatic rings. The van der Waals surface area contributed by atoms with Crippen molar-refractivity contribution >= 4 is 11.6 Å². The van der Waals surface area contributed by atoms with Gasteiger partial charge in [0.15, 0.2) is 0 Å². The van der Waals surface area contributed by atoms with E-state index in [1.54, 1.807) is 0 Å². The van der Waals surface area contributed by atoms with E-state index in [-0.39, 0.29) is 6.10 Å². The van der Waals surface area contributed by atoms with Gasteiger partial charge in [-0.05, 0) is 17.7 Å². The van der Waals surface area contributed by atoms with Crippen LogP contribution in [0.3, 0.4) is 0 Å². The maximum absolute atomic E-state index is 9.51. The molecule has 2 N–H and O–H groups in total. The molecule has 1 saturated heterocycles. The predicted octanol–water partition coefficient (Wildman–Crippen LogP) is 1.19. The lowest BCUT2D eigenvalue weighted by atomic mass is 10.2. The summed E-state index contributed by atoms with van der Waals surface area (Å²) in [6.07, 6.45) is -0.506. The summed E-state index contributed by atoms with van der Waals surface area (Å²) in [5, 5.41) is 13.3. The third-order valence-electron chi connectivity index (χ3n) is 2.48. The molecule has 2 rings (SSSR count). The first-order chi connectivity index (χ1) is 7.25. The molecular formula is C11H14ClNO2. The van der Waals surface area contributed by atoms with E-state index in [4.69, 9.17) is 16.3 Å². The van der Waals surface area contributed by atoms with Crippen molar-refractivity contribution in [3.8, 4) is 0 Å². The van der Waals surface area contributed by atoms with Crippen LogP contribution in [0.4, 0.5) is 0 Å². The second-order valence-corrected chi connectivity index (χ2v) is 4.14. The van der Waals surface area contributed by atoms with E-state index in [0.29, 0.717) is 24.7 Å². The average Bonchev–Trinajstić information content (AvgIpc) is 2.61. The quantitative estimate of drug-likeness (QED) is 0.815. The first kappa shape index (κ1) is 10.9. The number of ether oxygens (including phenoxy) is 1. The Labute approximate surface area is 94.0 Å². The van der Waals surface area contributed by atoms with Gasteiger partial charge in [0.2, 0.25) is 0 Å². The number of aliphatic hydroxyl groups excluding tert-OH is 1. The predicted molar refractivity (Wildman–Crippen MR) is 58.9 cm³/mol. The van der Waals surface area contributed by atoms with Gasteiger partial charge in [-0.25, -0.2) is 0 Å². The monoisotopic (exact) mass is 227 g/mol. The summed E-state index contributed by atoms with van der Waals surface area (Å²) in [6, 6.07) is 7.55. The highest BCUT2D eigenvalue weighted by Gasteiger charge is 2.25. The van der Waals surface area contributed by atoms with Gasteiger partial charge in [-0.2, -0.15) is 0 Å². The summed E-state index contributed by atoms with van der Waals surface area (Å²) < 4.78 is 5.59. The molecule has 1 aliphatic rings. The minimum absolute atomic E-state index is 0.107. The summed E-state index contributed by atoms with van der Waals surface area (Å²) >= 11 is 5.85. The van der Waals surface area contributed by atoms with E-state index in [1.165, 1.54) is 0 Å². The first-order valence-electron chi connectivity index (χ1n) is 5.00. The number of benzene rings is 1. The van der Waals surface area contributed by atoms with E-state index in [2.05, 4.69) is 5.32 Å². The van der Waals surface area contributed by atoms with Gasteiger partial charge in [0, 0.05) is 18.1 Å². The lowest BCUT2D eigenvalue weighted by Gasteiger charge is -2.14. The Morgan fingerprint density at radius 3 is 3.00 bits per heavy atom. The Morgan fingerprint density at radius 2 is 2.33 bits per heavy atom. The highest BCUT2D eigenvalue weighted by Crippen LogP contribution is 2.13. The lowest BCUT2D eigenvalue weighted by molar-refractivity contribution is -0.0169.